The summed E-state index contributed by atoms with van der Waals surface area (Å²) in [4.78, 5) is 0. The predicted octanol–water partition coefficient (Wildman–Crippen LogP) is 3.45. The van der Waals surface area contributed by atoms with Gasteiger partial charge in [0.05, 0.1) is 12.1 Å². The highest BCUT2D eigenvalue weighted by atomic mass is 15.4. The van der Waals surface area contributed by atoms with E-state index in [0.717, 1.165) is 17.6 Å². The minimum Gasteiger partial charge on any atom is -0.241 e. The molecule has 0 amide bonds. The molecule has 0 saturated carbocycles. The highest BCUT2D eigenvalue weighted by Gasteiger charge is 2.02. The van der Waals surface area contributed by atoms with E-state index < -0.39 is 0 Å². The van der Waals surface area contributed by atoms with Crippen LogP contribution in [-0.4, -0.2) is 15.0 Å². The van der Waals surface area contributed by atoms with Crippen molar-refractivity contribution in [2.45, 2.75) is 13.5 Å². The quantitative estimate of drug-likeness (QED) is 0.711. The van der Waals surface area contributed by atoms with Gasteiger partial charge in [-0.15, -0.1) is 5.10 Å². The second-order valence-electron chi connectivity index (χ2n) is 4.58. The molecule has 0 aliphatic rings. The van der Waals surface area contributed by atoms with Crippen LogP contribution in [0.1, 0.15) is 11.1 Å². The Morgan fingerprint density at radius 3 is 2.79 bits per heavy atom. The maximum Gasteiger partial charge on any atom is 0.113 e. The van der Waals surface area contributed by atoms with E-state index in [-0.39, 0.29) is 0 Å². The Morgan fingerprint density at radius 1 is 1.11 bits per heavy atom. The molecule has 0 fully saturated rings. The van der Waals surface area contributed by atoms with Gasteiger partial charge in [-0.05, 0) is 30.2 Å². The number of benzene rings is 2. The summed E-state index contributed by atoms with van der Waals surface area (Å²) in [7, 11) is 0. The van der Waals surface area contributed by atoms with Crippen LogP contribution in [0.4, 0.5) is 0 Å². The van der Waals surface area contributed by atoms with E-state index in [9.17, 15) is 0 Å². The van der Waals surface area contributed by atoms with Crippen molar-refractivity contribution in [1.82, 2.24) is 15.0 Å². The van der Waals surface area contributed by atoms with Crippen molar-refractivity contribution in [2.75, 3.05) is 0 Å². The SMILES string of the molecule is Cc1ccc2nnn(C/C=C/c3ccccc3)c2c1. The molecular formula is C16H15N3. The maximum atomic E-state index is 4.18. The summed E-state index contributed by atoms with van der Waals surface area (Å²) < 4.78 is 1.92. The summed E-state index contributed by atoms with van der Waals surface area (Å²) >= 11 is 0. The Kier molecular flexibility index (Phi) is 3.11. The number of fused-ring (bicyclic) bond motifs is 1. The molecule has 1 heterocycles. The molecule has 3 heteroatoms. The van der Waals surface area contributed by atoms with Gasteiger partial charge in [-0.2, -0.15) is 0 Å². The second-order valence-corrected chi connectivity index (χ2v) is 4.58. The van der Waals surface area contributed by atoms with Crippen molar-refractivity contribution in [1.29, 1.82) is 0 Å². The molecule has 3 rings (SSSR count). The van der Waals surface area contributed by atoms with Gasteiger partial charge in [-0.25, -0.2) is 4.68 Å². The van der Waals surface area contributed by atoms with Crippen LogP contribution >= 0.6 is 0 Å². The van der Waals surface area contributed by atoms with Gasteiger partial charge in [-0.1, -0.05) is 53.8 Å². The molecule has 3 nitrogen and oxygen atoms in total. The third kappa shape index (κ3) is 2.55. The Bertz CT molecular complexity index is 711. The minimum absolute atomic E-state index is 0.731. The van der Waals surface area contributed by atoms with Gasteiger partial charge in [0.1, 0.15) is 5.52 Å². The highest BCUT2D eigenvalue weighted by molar-refractivity contribution is 5.75. The van der Waals surface area contributed by atoms with Crippen molar-refractivity contribution in [2.24, 2.45) is 0 Å². The number of rotatable bonds is 3. The third-order valence-electron chi connectivity index (χ3n) is 3.06. The molecule has 0 N–H and O–H groups in total. The van der Waals surface area contributed by atoms with E-state index in [2.05, 4.69) is 53.7 Å². The standard InChI is InChI=1S/C16H15N3/c1-13-9-10-15-16(12-13)19(18-17-15)11-5-8-14-6-3-2-4-7-14/h2-10,12H,11H2,1H3/b8-5+. The Balaban J connectivity index is 1.82. The zero-order chi connectivity index (χ0) is 13.1. The van der Waals surface area contributed by atoms with Crippen molar-refractivity contribution >= 4 is 17.1 Å². The summed E-state index contributed by atoms with van der Waals surface area (Å²) in [5, 5.41) is 8.35. The van der Waals surface area contributed by atoms with Crippen LogP contribution in [0.5, 0.6) is 0 Å². The first-order valence-corrected chi connectivity index (χ1v) is 6.34. The first-order valence-electron chi connectivity index (χ1n) is 6.34. The Morgan fingerprint density at radius 2 is 1.95 bits per heavy atom. The Hall–Kier alpha value is -2.42. The van der Waals surface area contributed by atoms with Crippen molar-refractivity contribution in [3.63, 3.8) is 0 Å². The van der Waals surface area contributed by atoms with Gasteiger partial charge in [-0.3, -0.25) is 0 Å². The first kappa shape index (κ1) is 11.7. The zero-order valence-electron chi connectivity index (χ0n) is 10.8. The van der Waals surface area contributed by atoms with Gasteiger partial charge in [0.15, 0.2) is 0 Å². The number of allylic oxidation sites excluding steroid dienone is 1. The smallest absolute Gasteiger partial charge is 0.113 e. The molecule has 2 aromatic carbocycles. The van der Waals surface area contributed by atoms with Gasteiger partial charge < -0.3 is 0 Å². The van der Waals surface area contributed by atoms with Crippen molar-refractivity contribution < 1.29 is 0 Å². The normalized spacial score (nSPS) is 11.4. The van der Waals surface area contributed by atoms with Gasteiger partial charge in [0.2, 0.25) is 0 Å². The van der Waals surface area contributed by atoms with Crippen LogP contribution in [-0.2, 0) is 6.54 Å². The topological polar surface area (TPSA) is 30.7 Å². The van der Waals surface area contributed by atoms with E-state index in [1.807, 2.05) is 28.9 Å². The fourth-order valence-corrected chi connectivity index (χ4v) is 2.06. The number of hydrogen-bond donors (Lipinski definition) is 0. The summed E-state index contributed by atoms with van der Waals surface area (Å²) in [5.41, 5.74) is 4.45. The fraction of sp³-hybridized carbons (Fsp3) is 0.125. The molecule has 0 unspecified atom stereocenters. The van der Waals surface area contributed by atoms with Gasteiger partial charge in [0.25, 0.3) is 0 Å². The average molecular weight is 249 g/mol. The molecule has 0 atom stereocenters. The number of aryl methyl sites for hydroxylation is 1. The first-order chi connectivity index (χ1) is 9.33. The molecule has 1 aromatic heterocycles. The zero-order valence-corrected chi connectivity index (χ0v) is 10.8. The molecule has 0 spiro atoms. The van der Waals surface area contributed by atoms with Crippen LogP contribution in [0.3, 0.4) is 0 Å². The molecule has 19 heavy (non-hydrogen) atoms. The summed E-state index contributed by atoms with van der Waals surface area (Å²) in [6.45, 7) is 2.81. The maximum absolute atomic E-state index is 4.18. The molecule has 0 aliphatic heterocycles. The fourth-order valence-electron chi connectivity index (χ4n) is 2.06. The van der Waals surface area contributed by atoms with E-state index in [1.165, 1.54) is 11.1 Å². The molecule has 94 valence electrons. The molecule has 0 saturated heterocycles. The van der Waals surface area contributed by atoms with Crippen molar-refractivity contribution in [3.8, 4) is 0 Å². The minimum atomic E-state index is 0.731. The van der Waals surface area contributed by atoms with E-state index in [0.29, 0.717) is 0 Å². The summed E-state index contributed by atoms with van der Waals surface area (Å²) in [6.07, 6.45) is 4.20. The van der Waals surface area contributed by atoms with Crippen LogP contribution in [0.15, 0.2) is 54.6 Å². The molecule has 0 aliphatic carbocycles. The lowest BCUT2D eigenvalue weighted by molar-refractivity contribution is 0.683. The van der Waals surface area contributed by atoms with Crippen LogP contribution < -0.4 is 0 Å². The lowest BCUT2D eigenvalue weighted by Crippen LogP contribution is -1.97. The summed E-state index contributed by atoms with van der Waals surface area (Å²) in [5.74, 6) is 0. The number of nitrogens with zero attached hydrogens (tertiary/aromatic N) is 3. The summed E-state index contributed by atoms with van der Waals surface area (Å²) in [6, 6.07) is 16.4. The monoisotopic (exact) mass is 249 g/mol. The third-order valence-corrected chi connectivity index (χ3v) is 3.06. The van der Waals surface area contributed by atoms with Gasteiger partial charge >= 0.3 is 0 Å². The van der Waals surface area contributed by atoms with Crippen LogP contribution in [0.25, 0.3) is 17.1 Å². The van der Waals surface area contributed by atoms with E-state index in [1.54, 1.807) is 0 Å². The molecule has 0 radical (unpaired) electrons. The lowest BCUT2D eigenvalue weighted by Gasteiger charge is -1.98. The van der Waals surface area contributed by atoms with E-state index in [4.69, 9.17) is 0 Å². The number of aromatic nitrogens is 3. The second kappa shape index (κ2) is 5.06. The van der Waals surface area contributed by atoms with Crippen molar-refractivity contribution in [3.05, 3.63) is 65.7 Å². The molecular weight excluding hydrogens is 234 g/mol. The van der Waals surface area contributed by atoms with Crippen LogP contribution in [0, 0.1) is 6.92 Å². The number of hydrogen-bond acceptors (Lipinski definition) is 2. The van der Waals surface area contributed by atoms with Gasteiger partial charge in [0, 0.05) is 0 Å². The molecule has 3 aromatic rings. The molecule has 0 bridgehead atoms. The Labute approximate surface area is 112 Å². The largest absolute Gasteiger partial charge is 0.241 e. The van der Waals surface area contributed by atoms with E-state index >= 15 is 0 Å². The average Bonchev–Trinajstić information content (AvgIpc) is 2.83. The predicted molar refractivity (Wildman–Crippen MR) is 77.7 cm³/mol. The lowest BCUT2D eigenvalue weighted by atomic mass is 10.2. The highest BCUT2D eigenvalue weighted by Crippen LogP contribution is 2.13. The van der Waals surface area contributed by atoms with Crippen LogP contribution in [0.2, 0.25) is 0 Å².